The lowest BCUT2D eigenvalue weighted by molar-refractivity contribution is 0.00349. The molecule has 5 heteroatoms. The van der Waals surface area contributed by atoms with Gasteiger partial charge in [0, 0.05) is 31.6 Å². The van der Waals surface area contributed by atoms with Crippen molar-refractivity contribution in [2.45, 2.75) is 38.7 Å². The number of benzene rings is 2. The summed E-state index contributed by atoms with van der Waals surface area (Å²) in [6, 6.07) is 13.9. The summed E-state index contributed by atoms with van der Waals surface area (Å²) < 4.78 is 6.48. The quantitative estimate of drug-likeness (QED) is 0.738. The highest BCUT2D eigenvalue weighted by molar-refractivity contribution is 7.80. The highest BCUT2D eigenvalue weighted by Gasteiger charge is 2.43. The van der Waals surface area contributed by atoms with Gasteiger partial charge >= 0.3 is 0 Å². The first kappa shape index (κ1) is 18.0. The van der Waals surface area contributed by atoms with Gasteiger partial charge in [-0.15, -0.1) is 0 Å². The lowest BCUT2D eigenvalue weighted by Crippen LogP contribution is -2.53. The van der Waals surface area contributed by atoms with Crippen molar-refractivity contribution in [3.63, 3.8) is 0 Å². The predicted molar refractivity (Wildman–Crippen MR) is 112 cm³/mol. The van der Waals surface area contributed by atoms with Gasteiger partial charge in [0.2, 0.25) is 0 Å². The fourth-order valence-corrected chi connectivity index (χ4v) is 4.20. The summed E-state index contributed by atoms with van der Waals surface area (Å²) in [6.45, 7) is 5.66. The van der Waals surface area contributed by atoms with Crippen molar-refractivity contribution < 1.29 is 9.53 Å². The summed E-state index contributed by atoms with van der Waals surface area (Å²) >= 11 is 5.58. The van der Waals surface area contributed by atoms with E-state index in [-0.39, 0.29) is 5.78 Å². The van der Waals surface area contributed by atoms with Gasteiger partial charge < -0.3 is 15.0 Å². The standard InChI is InChI=1S/C22H24N2O2S/c1-15-8-9-18-19(25)14-22(26-20(18)16(15)2)10-12-24(13-11-22)21(27)23-17-6-4-3-5-7-17/h3-9H,10-14H2,1-2H3,(H,23,27). The monoisotopic (exact) mass is 380 g/mol. The number of aryl methyl sites for hydroxylation is 1. The number of nitrogens with one attached hydrogen (secondary N) is 1. The molecule has 1 N–H and O–H groups in total. The number of carbonyl (C=O) groups excluding carboxylic acids is 1. The van der Waals surface area contributed by atoms with Crippen LogP contribution in [0.25, 0.3) is 0 Å². The van der Waals surface area contributed by atoms with Gasteiger partial charge in [0.05, 0.1) is 12.0 Å². The molecule has 0 bridgehead atoms. The molecule has 2 heterocycles. The molecule has 0 aliphatic carbocycles. The Morgan fingerprint density at radius 3 is 2.52 bits per heavy atom. The molecule has 140 valence electrons. The number of rotatable bonds is 1. The lowest BCUT2D eigenvalue weighted by Gasteiger charge is -2.45. The smallest absolute Gasteiger partial charge is 0.173 e. The van der Waals surface area contributed by atoms with Crippen molar-refractivity contribution >= 4 is 28.8 Å². The number of piperidine rings is 1. The second kappa shape index (κ2) is 6.97. The molecule has 0 amide bonds. The molecule has 0 radical (unpaired) electrons. The van der Waals surface area contributed by atoms with E-state index in [1.54, 1.807) is 0 Å². The third-order valence-corrected chi connectivity index (χ3v) is 6.13. The topological polar surface area (TPSA) is 41.6 Å². The van der Waals surface area contributed by atoms with E-state index in [1.165, 1.54) is 0 Å². The van der Waals surface area contributed by atoms with Crippen LogP contribution < -0.4 is 10.1 Å². The number of Topliss-reactive ketones (excluding diaryl/α,β-unsaturated/α-hetero) is 1. The van der Waals surface area contributed by atoms with E-state index in [1.807, 2.05) is 49.4 Å². The molecule has 1 spiro atoms. The van der Waals surface area contributed by atoms with E-state index in [2.05, 4.69) is 17.1 Å². The van der Waals surface area contributed by atoms with Crippen LogP contribution in [0.2, 0.25) is 0 Å². The largest absolute Gasteiger partial charge is 0.486 e. The van der Waals surface area contributed by atoms with E-state index in [0.717, 1.165) is 59.2 Å². The van der Waals surface area contributed by atoms with Crippen LogP contribution in [0.4, 0.5) is 5.69 Å². The van der Waals surface area contributed by atoms with Gasteiger partial charge in [-0.3, -0.25) is 4.79 Å². The highest BCUT2D eigenvalue weighted by atomic mass is 32.1. The Labute approximate surface area is 165 Å². The summed E-state index contributed by atoms with van der Waals surface area (Å²) in [5, 5.41) is 4.02. The van der Waals surface area contributed by atoms with Gasteiger partial charge in [-0.05, 0) is 55.4 Å². The molecular formula is C22H24N2O2S. The van der Waals surface area contributed by atoms with E-state index in [4.69, 9.17) is 17.0 Å². The van der Waals surface area contributed by atoms with Gasteiger partial charge in [-0.2, -0.15) is 0 Å². The number of para-hydroxylation sites is 1. The minimum atomic E-state index is -0.401. The number of anilines is 1. The third kappa shape index (κ3) is 3.44. The van der Waals surface area contributed by atoms with Crippen molar-refractivity contribution in [3.8, 4) is 5.75 Å². The normalized spacial score (nSPS) is 18.0. The van der Waals surface area contributed by atoms with Crippen LogP contribution >= 0.6 is 12.2 Å². The highest BCUT2D eigenvalue weighted by Crippen LogP contribution is 2.41. The number of hydrogen-bond donors (Lipinski definition) is 1. The Morgan fingerprint density at radius 2 is 1.81 bits per heavy atom. The van der Waals surface area contributed by atoms with Crippen LogP contribution in [0.1, 0.15) is 40.7 Å². The van der Waals surface area contributed by atoms with Gasteiger partial charge in [0.25, 0.3) is 0 Å². The molecule has 1 saturated heterocycles. The molecule has 0 aromatic heterocycles. The fraction of sp³-hybridized carbons (Fsp3) is 0.364. The predicted octanol–water partition coefficient (Wildman–Crippen LogP) is 4.50. The lowest BCUT2D eigenvalue weighted by atomic mass is 9.81. The molecule has 0 unspecified atom stereocenters. The fourth-order valence-electron chi connectivity index (χ4n) is 3.90. The Bertz CT molecular complexity index is 887. The maximum atomic E-state index is 12.7. The zero-order chi connectivity index (χ0) is 19.0. The first-order chi connectivity index (χ1) is 13.0. The van der Waals surface area contributed by atoms with Crippen molar-refractivity contribution in [1.29, 1.82) is 0 Å². The Balaban J connectivity index is 1.46. The van der Waals surface area contributed by atoms with Crippen LogP contribution in [-0.2, 0) is 0 Å². The van der Waals surface area contributed by atoms with E-state index >= 15 is 0 Å². The second-order valence-corrected chi connectivity index (χ2v) is 7.94. The number of carbonyl (C=O) groups is 1. The van der Waals surface area contributed by atoms with Crippen LogP contribution in [-0.4, -0.2) is 34.5 Å². The summed E-state index contributed by atoms with van der Waals surface area (Å²) in [7, 11) is 0. The summed E-state index contributed by atoms with van der Waals surface area (Å²) in [5.74, 6) is 0.975. The van der Waals surface area contributed by atoms with Crippen LogP contribution in [0.5, 0.6) is 5.75 Å². The first-order valence-corrected chi connectivity index (χ1v) is 9.82. The van der Waals surface area contributed by atoms with E-state index < -0.39 is 5.60 Å². The molecule has 2 aliphatic rings. The number of nitrogens with zero attached hydrogens (tertiary/aromatic N) is 1. The molecule has 2 aromatic carbocycles. The van der Waals surface area contributed by atoms with E-state index in [9.17, 15) is 4.79 Å². The van der Waals surface area contributed by atoms with Gasteiger partial charge in [-0.25, -0.2) is 0 Å². The average Bonchev–Trinajstić information content (AvgIpc) is 2.66. The van der Waals surface area contributed by atoms with Crippen LogP contribution in [0, 0.1) is 13.8 Å². The molecule has 4 nitrogen and oxygen atoms in total. The second-order valence-electron chi connectivity index (χ2n) is 7.55. The number of likely N-dealkylation sites (tertiary alicyclic amines) is 1. The molecule has 4 rings (SSSR count). The number of fused-ring (bicyclic) bond motifs is 1. The number of ether oxygens (including phenoxy) is 1. The zero-order valence-electron chi connectivity index (χ0n) is 15.7. The summed E-state index contributed by atoms with van der Waals surface area (Å²) in [6.07, 6.45) is 2.04. The third-order valence-electron chi connectivity index (χ3n) is 5.77. The first-order valence-electron chi connectivity index (χ1n) is 9.41. The summed E-state index contributed by atoms with van der Waals surface area (Å²) in [4.78, 5) is 14.9. The van der Waals surface area contributed by atoms with Crippen molar-refractivity contribution in [2.24, 2.45) is 0 Å². The number of hydrogen-bond acceptors (Lipinski definition) is 3. The molecular weight excluding hydrogens is 356 g/mol. The minimum Gasteiger partial charge on any atom is -0.486 e. The van der Waals surface area contributed by atoms with Crippen molar-refractivity contribution in [2.75, 3.05) is 18.4 Å². The van der Waals surface area contributed by atoms with Gasteiger partial charge in [0.15, 0.2) is 10.9 Å². The molecule has 2 aliphatic heterocycles. The maximum Gasteiger partial charge on any atom is 0.173 e. The average molecular weight is 381 g/mol. The summed E-state index contributed by atoms with van der Waals surface area (Å²) in [5.41, 5.74) is 3.55. The van der Waals surface area contributed by atoms with Crippen molar-refractivity contribution in [1.82, 2.24) is 4.90 Å². The Kier molecular flexibility index (Phi) is 4.64. The Hall–Kier alpha value is -2.40. The minimum absolute atomic E-state index is 0.192. The molecule has 0 atom stereocenters. The van der Waals surface area contributed by atoms with Crippen molar-refractivity contribution in [3.05, 3.63) is 59.2 Å². The molecule has 27 heavy (non-hydrogen) atoms. The maximum absolute atomic E-state index is 12.7. The molecule has 2 aromatic rings. The molecule has 1 fully saturated rings. The molecule has 0 saturated carbocycles. The zero-order valence-corrected chi connectivity index (χ0v) is 16.6. The SMILES string of the molecule is Cc1ccc2c(c1C)OC1(CCN(C(=S)Nc3ccccc3)CC1)CC2=O. The number of thiocarbonyl (C=S) groups is 1. The van der Waals surface area contributed by atoms with Gasteiger partial charge in [-0.1, -0.05) is 24.3 Å². The van der Waals surface area contributed by atoms with Crippen LogP contribution in [0.15, 0.2) is 42.5 Å². The van der Waals surface area contributed by atoms with Gasteiger partial charge in [0.1, 0.15) is 11.4 Å². The number of ketones is 1. The van der Waals surface area contributed by atoms with E-state index in [0.29, 0.717) is 6.42 Å². The Morgan fingerprint density at radius 1 is 1.11 bits per heavy atom. The van der Waals surface area contributed by atoms with Crippen LogP contribution in [0.3, 0.4) is 0 Å².